The quantitative estimate of drug-likeness (QED) is 0.886. The second kappa shape index (κ2) is 5.51. The van der Waals surface area contributed by atoms with E-state index >= 15 is 0 Å². The minimum atomic E-state index is -0.749. The monoisotopic (exact) mass is 264 g/mol. The number of hydrogen-bond acceptors (Lipinski definition) is 1. The van der Waals surface area contributed by atoms with E-state index in [1.165, 1.54) is 12.1 Å². The van der Waals surface area contributed by atoms with Gasteiger partial charge in [0.05, 0.1) is 6.10 Å². The predicted molar refractivity (Wildman–Crippen MR) is 71.3 cm³/mol. The zero-order chi connectivity index (χ0) is 13.1. The van der Waals surface area contributed by atoms with Gasteiger partial charge in [0.1, 0.15) is 5.82 Å². The third-order valence-corrected chi connectivity index (χ3v) is 3.21. The van der Waals surface area contributed by atoms with Crippen molar-refractivity contribution in [1.82, 2.24) is 0 Å². The highest BCUT2D eigenvalue weighted by molar-refractivity contribution is 6.31. The molecule has 0 bridgehead atoms. The first kappa shape index (κ1) is 13.1. The van der Waals surface area contributed by atoms with E-state index in [0.29, 0.717) is 17.0 Å². The van der Waals surface area contributed by atoms with Gasteiger partial charge in [0.15, 0.2) is 0 Å². The summed E-state index contributed by atoms with van der Waals surface area (Å²) in [5, 5.41) is 10.7. The smallest absolute Gasteiger partial charge is 0.123 e. The van der Waals surface area contributed by atoms with Crippen LogP contribution in [0.2, 0.25) is 5.02 Å². The van der Waals surface area contributed by atoms with Gasteiger partial charge >= 0.3 is 0 Å². The summed E-state index contributed by atoms with van der Waals surface area (Å²) in [5.74, 6) is -0.346. The molecule has 0 aromatic heterocycles. The zero-order valence-corrected chi connectivity index (χ0v) is 10.8. The second-order valence-electron chi connectivity index (χ2n) is 4.37. The van der Waals surface area contributed by atoms with E-state index in [0.717, 1.165) is 11.1 Å². The molecule has 1 nitrogen and oxygen atoms in total. The van der Waals surface area contributed by atoms with Gasteiger partial charge in [0, 0.05) is 11.4 Å². The van der Waals surface area contributed by atoms with E-state index in [2.05, 4.69) is 0 Å². The molecule has 1 N–H and O–H groups in total. The Hall–Kier alpha value is -1.38. The molecule has 0 aliphatic carbocycles. The first-order valence-electron chi connectivity index (χ1n) is 5.75. The molecule has 0 amide bonds. The topological polar surface area (TPSA) is 20.2 Å². The lowest BCUT2D eigenvalue weighted by molar-refractivity contribution is 0.178. The van der Waals surface area contributed by atoms with Gasteiger partial charge in [-0.05, 0) is 41.8 Å². The third kappa shape index (κ3) is 3.09. The van der Waals surface area contributed by atoms with Gasteiger partial charge in [-0.15, -0.1) is 0 Å². The number of aryl methyl sites for hydroxylation is 1. The molecular weight excluding hydrogens is 251 g/mol. The second-order valence-corrected chi connectivity index (χ2v) is 4.78. The van der Waals surface area contributed by atoms with Crippen LogP contribution in [0.3, 0.4) is 0 Å². The SMILES string of the molecule is Cc1ccc(CC(O)c2cccc(F)c2)c(Cl)c1. The lowest BCUT2D eigenvalue weighted by Crippen LogP contribution is -2.02. The molecule has 0 aliphatic heterocycles. The molecule has 0 heterocycles. The van der Waals surface area contributed by atoms with Crippen molar-refractivity contribution >= 4 is 11.6 Å². The molecule has 0 saturated carbocycles. The molecule has 18 heavy (non-hydrogen) atoms. The fraction of sp³-hybridized carbons (Fsp3) is 0.200. The molecule has 1 unspecified atom stereocenters. The lowest BCUT2D eigenvalue weighted by Gasteiger charge is -2.12. The minimum Gasteiger partial charge on any atom is -0.388 e. The van der Waals surface area contributed by atoms with Crippen molar-refractivity contribution in [2.75, 3.05) is 0 Å². The number of aliphatic hydroxyl groups excluding tert-OH is 1. The van der Waals surface area contributed by atoms with Gasteiger partial charge in [-0.3, -0.25) is 0 Å². The van der Waals surface area contributed by atoms with Gasteiger partial charge in [0.25, 0.3) is 0 Å². The molecule has 2 aromatic rings. The molecule has 0 spiro atoms. The number of halogens is 2. The summed E-state index contributed by atoms with van der Waals surface area (Å²) in [5.41, 5.74) is 2.50. The zero-order valence-electron chi connectivity index (χ0n) is 10.0. The van der Waals surface area contributed by atoms with E-state index in [-0.39, 0.29) is 5.82 Å². The van der Waals surface area contributed by atoms with Crippen LogP contribution in [0.1, 0.15) is 22.8 Å². The van der Waals surface area contributed by atoms with Crippen LogP contribution in [0.25, 0.3) is 0 Å². The Morgan fingerprint density at radius 1 is 1.22 bits per heavy atom. The van der Waals surface area contributed by atoms with Gasteiger partial charge in [0.2, 0.25) is 0 Å². The Labute approximate surface area is 111 Å². The Balaban J connectivity index is 2.18. The van der Waals surface area contributed by atoms with Gasteiger partial charge in [-0.25, -0.2) is 4.39 Å². The van der Waals surface area contributed by atoms with Crippen LogP contribution in [0.15, 0.2) is 42.5 Å². The van der Waals surface area contributed by atoms with Crippen LogP contribution >= 0.6 is 11.6 Å². The van der Waals surface area contributed by atoms with Crippen LogP contribution in [0.4, 0.5) is 4.39 Å². The summed E-state index contributed by atoms with van der Waals surface area (Å²) >= 11 is 6.11. The molecule has 0 aliphatic rings. The molecule has 2 aromatic carbocycles. The van der Waals surface area contributed by atoms with Crippen molar-refractivity contribution in [3.05, 3.63) is 70.0 Å². The standard InChI is InChI=1S/C15H14ClFO/c1-10-5-6-11(14(16)7-10)9-15(18)12-3-2-4-13(17)8-12/h2-8,15,18H,9H2,1H3. The normalized spacial score (nSPS) is 12.4. The molecule has 0 saturated heterocycles. The third-order valence-electron chi connectivity index (χ3n) is 2.86. The van der Waals surface area contributed by atoms with Crippen LogP contribution in [0, 0.1) is 12.7 Å². The van der Waals surface area contributed by atoms with Crippen molar-refractivity contribution in [3.63, 3.8) is 0 Å². The van der Waals surface area contributed by atoms with E-state index in [4.69, 9.17) is 11.6 Å². The molecule has 0 fully saturated rings. The molecule has 0 radical (unpaired) electrons. The number of hydrogen-bond donors (Lipinski definition) is 1. The Morgan fingerprint density at radius 2 is 2.00 bits per heavy atom. The molecule has 3 heteroatoms. The number of benzene rings is 2. The Bertz CT molecular complexity index is 554. The maximum atomic E-state index is 13.1. The summed E-state index contributed by atoms with van der Waals surface area (Å²) in [6.07, 6.45) is -0.372. The van der Waals surface area contributed by atoms with Crippen LogP contribution < -0.4 is 0 Å². The highest BCUT2D eigenvalue weighted by Gasteiger charge is 2.11. The van der Waals surface area contributed by atoms with E-state index in [1.807, 2.05) is 25.1 Å². The van der Waals surface area contributed by atoms with Crippen molar-refractivity contribution < 1.29 is 9.50 Å². The maximum Gasteiger partial charge on any atom is 0.123 e. The Morgan fingerprint density at radius 3 is 2.67 bits per heavy atom. The average Bonchev–Trinajstić information content (AvgIpc) is 2.32. The lowest BCUT2D eigenvalue weighted by atomic mass is 10.0. The highest BCUT2D eigenvalue weighted by atomic mass is 35.5. The summed E-state index contributed by atoms with van der Waals surface area (Å²) in [4.78, 5) is 0. The molecular formula is C15H14ClFO. The fourth-order valence-electron chi connectivity index (χ4n) is 1.86. The van der Waals surface area contributed by atoms with Gasteiger partial charge in [-0.2, -0.15) is 0 Å². The first-order chi connectivity index (χ1) is 8.56. The summed E-state index contributed by atoms with van der Waals surface area (Å²) in [6.45, 7) is 1.96. The molecule has 2 rings (SSSR count). The molecule has 94 valence electrons. The summed E-state index contributed by atoms with van der Waals surface area (Å²) in [6, 6.07) is 11.7. The van der Waals surface area contributed by atoms with Gasteiger partial charge in [-0.1, -0.05) is 35.9 Å². The van der Waals surface area contributed by atoms with Crippen molar-refractivity contribution in [2.45, 2.75) is 19.4 Å². The summed E-state index contributed by atoms with van der Waals surface area (Å²) in [7, 11) is 0. The van der Waals surface area contributed by atoms with Crippen molar-refractivity contribution in [1.29, 1.82) is 0 Å². The van der Waals surface area contributed by atoms with Crippen LogP contribution in [-0.4, -0.2) is 5.11 Å². The predicted octanol–water partition coefficient (Wildman–Crippen LogP) is 4.06. The fourth-order valence-corrected chi connectivity index (χ4v) is 2.17. The minimum absolute atomic E-state index is 0.346. The van der Waals surface area contributed by atoms with Crippen LogP contribution in [-0.2, 0) is 6.42 Å². The number of aliphatic hydroxyl groups is 1. The maximum absolute atomic E-state index is 13.1. The number of rotatable bonds is 3. The van der Waals surface area contributed by atoms with E-state index < -0.39 is 6.10 Å². The van der Waals surface area contributed by atoms with Crippen molar-refractivity contribution in [3.8, 4) is 0 Å². The largest absolute Gasteiger partial charge is 0.388 e. The van der Waals surface area contributed by atoms with E-state index in [1.54, 1.807) is 12.1 Å². The average molecular weight is 265 g/mol. The van der Waals surface area contributed by atoms with Crippen LogP contribution in [0.5, 0.6) is 0 Å². The first-order valence-corrected chi connectivity index (χ1v) is 6.12. The molecule has 1 atom stereocenters. The highest BCUT2D eigenvalue weighted by Crippen LogP contribution is 2.24. The Kier molecular flexibility index (Phi) is 4.00. The summed E-state index contributed by atoms with van der Waals surface area (Å²) < 4.78 is 13.1. The van der Waals surface area contributed by atoms with Crippen molar-refractivity contribution in [2.24, 2.45) is 0 Å². The van der Waals surface area contributed by atoms with Gasteiger partial charge < -0.3 is 5.11 Å². The van der Waals surface area contributed by atoms with E-state index in [9.17, 15) is 9.50 Å².